The number of thiazole rings is 1. The van der Waals surface area contributed by atoms with Crippen molar-refractivity contribution in [3.8, 4) is 0 Å². The molecule has 0 radical (unpaired) electrons. The molecule has 1 aromatic heterocycles. The van der Waals surface area contributed by atoms with Gasteiger partial charge in [-0.3, -0.25) is 4.79 Å². The largest absolute Gasteiger partial charge is 0.462 e. The maximum atomic E-state index is 12.2. The Bertz CT molecular complexity index is 719. The van der Waals surface area contributed by atoms with Crippen LogP contribution in [0, 0.1) is 6.92 Å². The van der Waals surface area contributed by atoms with Gasteiger partial charge >= 0.3 is 5.97 Å². The molecule has 10 heteroatoms. The first kappa shape index (κ1) is 26.6. The van der Waals surface area contributed by atoms with E-state index < -0.39 is 0 Å². The van der Waals surface area contributed by atoms with E-state index in [2.05, 4.69) is 25.9 Å². The van der Waals surface area contributed by atoms with Gasteiger partial charge in [-0.05, 0) is 40.5 Å². The van der Waals surface area contributed by atoms with Gasteiger partial charge in [0.2, 0.25) is 5.91 Å². The summed E-state index contributed by atoms with van der Waals surface area (Å²) in [5, 5.41) is 10.3. The van der Waals surface area contributed by atoms with E-state index in [4.69, 9.17) is 4.74 Å². The van der Waals surface area contributed by atoms with Gasteiger partial charge in [0.1, 0.15) is 16.4 Å². The molecular weight excluding hydrogens is 517 g/mol. The zero-order valence-electron chi connectivity index (χ0n) is 18.2. The summed E-state index contributed by atoms with van der Waals surface area (Å²) in [4.78, 5) is 33.7. The van der Waals surface area contributed by atoms with E-state index in [9.17, 15) is 9.59 Å². The summed E-state index contributed by atoms with van der Waals surface area (Å²) in [6.07, 6.45) is 5.72. The highest BCUT2D eigenvalue weighted by Gasteiger charge is 2.20. The third-order valence-corrected chi connectivity index (χ3v) is 6.01. The maximum Gasteiger partial charge on any atom is 0.350 e. The Morgan fingerprint density at radius 1 is 1.27 bits per heavy atom. The van der Waals surface area contributed by atoms with E-state index in [-0.39, 0.29) is 54.5 Å². The Labute approximate surface area is 200 Å². The average molecular weight is 551 g/mol. The zero-order chi connectivity index (χ0) is 21.2. The van der Waals surface area contributed by atoms with E-state index in [1.807, 2.05) is 13.8 Å². The molecule has 1 aliphatic carbocycles. The van der Waals surface area contributed by atoms with Gasteiger partial charge in [-0.2, -0.15) is 0 Å². The number of carbonyl (C=O) groups excluding carboxylic acids is 2. The number of amides is 1. The van der Waals surface area contributed by atoms with Crippen LogP contribution in [0.15, 0.2) is 4.99 Å². The smallest absolute Gasteiger partial charge is 0.350 e. The summed E-state index contributed by atoms with van der Waals surface area (Å²) in [6.45, 7) is 8.58. The summed E-state index contributed by atoms with van der Waals surface area (Å²) in [6, 6.07) is 0.113. The van der Waals surface area contributed by atoms with Gasteiger partial charge < -0.3 is 20.7 Å². The molecule has 1 heterocycles. The number of aliphatic imine (C=N–C) groups is 1. The quantitative estimate of drug-likeness (QED) is 0.198. The number of guanidine groups is 1. The Kier molecular flexibility index (Phi) is 12.2. The van der Waals surface area contributed by atoms with Gasteiger partial charge in [0.25, 0.3) is 0 Å². The molecule has 2 rings (SSSR count). The standard InChI is InChI=1S/C20H33N5O3S.HI/c1-5-21-20(22-12-16(26)25-15-10-8-7-9-11-15)24-14(4)18-23-13(3)17(29-18)19(27)28-6-2;/h14-15H,5-12H2,1-4H3,(H,25,26)(H2,21,22,24);1H. The highest BCUT2D eigenvalue weighted by atomic mass is 127. The topological polar surface area (TPSA) is 105 Å². The molecule has 1 saturated carbocycles. The fraction of sp³-hybridized carbons (Fsp3) is 0.700. The third-order valence-electron chi connectivity index (χ3n) is 4.69. The highest BCUT2D eigenvalue weighted by Crippen LogP contribution is 2.24. The molecule has 1 aliphatic rings. The molecule has 30 heavy (non-hydrogen) atoms. The first-order valence-corrected chi connectivity index (χ1v) is 11.2. The number of esters is 1. The van der Waals surface area contributed by atoms with E-state index in [0.29, 0.717) is 29.7 Å². The van der Waals surface area contributed by atoms with Gasteiger partial charge in [-0.25, -0.2) is 14.8 Å². The number of ether oxygens (including phenoxy) is 1. The second-order valence-corrected chi connectivity index (χ2v) is 8.18. The molecule has 0 bridgehead atoms. The van der Waals surface area contributed by atoms with Gasteiger partial charge in [0.05, 0.1) is 18.3 Å². The van der Waals surface area contributed by atoms with Gasteiger partial charge in [-0.1, -0.05) is 19.3 Å². The van der Waals surface area contributed by atoms with Crippen molar-refractivity contribution in [1.82, 2.24) is 20.9 Å². The van der Waals surface area contributed by atoms with Gasteiger partial charge in [-0.15, -0.1) is 35.3 Å². The van der Waals surface area contributed by atoms with Crippen molar-refractivity contribution in [2.24, 2.45) is 4.99 Å². The van der Waals surface area contributed by atoms with Crippen molar-refractivity contribution >= 4 is 53.1 Å². The van der Waals surface area contributed by atoms with Crippen molar-refractivity contribution in [2.45, 2.75) is 71.9 Å². The summed E-state index contributed by atoms with van der Waals surface area (Å²) in [5.74, 6) is 0.140. The second kappa shape index (κ2) is 13.8. The molecule has 170 valence electrons. The van der Waals surface area contributed by atoms with E-state index in [0.717, 1.165) is 17.8 Å². The Morgan fingerprint density at radius 3 is 2.60 bits per heavy atom. The predicted molar refractivity (Wildman–Crippen MR) is 131 cm³/mol. The van der Waals surface area contributed by atoms with Crippen LogP contribution in [0.2, 0.25) is 0 Å². The first-order valence-electron chi connectivity index (χ1n) is 10.4. The van der Waals surface area contributed by atoms with Crippen LogP contribution in [0.1, 0.15) is 79.3 Å². The second-order valence-electron chi connectivity index (χ2n) is 7.15. The van der Waals surface area contributed by atoms with E-state index in [1.165, 1.54) is 30.6 Å². The zero-order valence-corrected chi connectivity index (χ0v) is 21.4. The molecule has 1 unspecified atom stereocenters. The van der Waals surface area contributed by atoms with Crippen LogP contribution >= 0.6 is 35.3 Å². The number of carbonyl (C=O) groups is 2. The lowest BCUT2D eigenvalue weighted by Crippen LogP contribution is -2.41. The minimum atomic E-state index is -0.346. The highest BCUT2D eigenvalue weighted by molar-refractivity contribution is 14.0. The van der Waals surface area contributed by atoms with Crippen molar-refractivity contribution in [3.05, 3.63) is 15.6 Å². The number of nitrogens with zero attached hydrogens (tertiary/aromatic N) is 2. The van der Waals surface area contributed by atoms with Crippen molar-refractivity contribution < 1.29 is 14.3 Å². The van der Waals surface area contributed by atoms with Gasteiger partial charge in [0, 0.05) is 12.6 Å². The first-order chi connectivity index (χ1) is 13.9. The van der Waals surface area contributed by atoms with Gasteiger partial charge in [0.15, 0.2) is 5.96 Å². The van der Waals surface area contributed by atoms with Crippen molar-refractivity contribution in [2.75, 3.05) is 19.7 Å². The van der Waals surface area contributed by atoms with Crippen LogP contribution in [-0.2, 0) is 9.53 Å². The van der Waals surface area contributed by atoms with Crippen LogP contribution in [0.3, 0.4) is 0 Å². The van der Waals surface area contributed by atoms with Crippen LogP contribution in [0.5, 0.6) is 0 Å². The SMILES string of the molecule is CCNC(=NCC(=O)NC1CCCCC1)NC(C)c1nc(C)c(C(=O)OCC)s1.I. The minimum Gasteiger partial charge on any atom is -0.462 e. The molecule has 0 aliphatic heterocycles. The summed E-state index contributed by atoms with van der Waals surface area (Å²) >= 11 is 1.31. The predicted octanol–water partition coefficient (Wildman–Crippen LogP) is 3.31. The number of hydrogen-bond donors (Lipinski definition) is 3. The lowest BCUT2D eigenvalue weighted by molar-refractivity contribution is -0.120. The molecule has 0 spiro atoms. The van der Waals surface area contributed by atoms with Crippen molar-refractivity contribution in [3.63, 3.8) is 0 Å². The molecule has 0 saturated heterocycles. The fourth-order valence-electron chi connectivity index (χ4n) is 3.25. The maximum absolute atomic E-state index is 12.2. The number of rotatable bonds is 8. The van der Waals surface area contributed by atoms with Crippen LogP contribution < -0.4 is 16.0 Å². The molecule has 1 amide bonds. The molecule has 0 aromatic carbocycles. The molecule has 3 N–H and O–H groups in total. The van der Waals surface area contributed by atoms with E-state index >= 15 is 0 Å². The number of nitrogens with one attached hydrogen (secondary N) is 3. The number of halogens is 1. The number of aryl methyl sites for hydroxylation is 1. The summed E-state index contributed by atoms with van der Waals surface area (Å²) in [7, 11) is 0. The van der Waals surface area contributed by atoms with Crippen LogP contribution in [0.4, 0.5) is 0 Å². The Morgan fingerprint density at radius 2 is 1.97 bits per heavy atom. The Balaban J connectivity index is 0.00000450. The normalized spacial score (nSPS) is 15.7. The molecule has 1 aromatic rings. The monoisotopic (exact) mass is 551 g/mol. The molecule has 1 fully saturated rings. The van der Waals surface area contributed by atoms with Crippen LogP contribution in [0.25, 0.3) is 0 Å². The van der Waals surface area contributed by atoms with Crippen molar-refractivity contribution in [1.29, 1.82) is 0 Å². The molecular formula is C20H34IN5O3S. The van der Waals surface area contributed by atoms with Crippen LogP contribution in [-0.4, -0.2) is 48.6 Å². The third kappa shape index (κ3) is 8.37. The summed E-state index contributed by atoms with van der Waals surface area (Å²) < 4.78 is 5.08. The lowest BCUT2D eigenvalue weighted by atomic mass is 9.95. The number of aromatic nitrogens is 1. The summed E-state index contributed by atoms with van der Waals surface area (Å²) in [5.41, 5.74) is 0.658. The number of hydrogen-bond acceptors (Lipinski definition) is 6. The Hall–Kier alpha value is -1.43. The fourth-order valence-corrected chi connectivity index (χ4v) is 4.21. The molecule has 8 nitrogen and oxygen atoms in total. The lowest BCUT2D eigenvalue weighted by Gasteiger charge is -2.22. The average Bonchev–Trinajstić information content (AvgIpc) is 3.09. The molecule has 1 atom stereocenters. The van der Waals surface area contributed by atoms with E-state index in [1.54, 1.807) is 13.8 Å². The minimum absolute atomic E-state index is 0.